The van der Waals surface area contributed by atoms with Crippen LogP contribution in [0.15, 0.2) is 84.9 Å². The molecule has 7 nitrogen and oxygen atoms in total. The summed E-state index contributed by atoms with van der Waals surface area (Å²) in [4.78, 5) is 30.1. The van der Waals surface area contributed by atoms with E-state index >= 15 is 0 Å². The second-order valence-corrected chi connectivity index (χ2v) is 9.27. The Labute approximate surface area is 207 Å². The molecule has 0 saturated carbocycles. The summed E-state index contributed by atoms with van der Waals surface area (Å²) in [6.45, 7) is 1.81. The number of aliphatic hydroxyl groups excluding tert-OH is 1. The van der Waals surface area contributed by atoms with Gasteiger partial charge in [0, 0.05) is 6.42 Å². The fourth-order valence-electron chi connectivity index (χ4n) is 3.60. The van der Waals surface area contributed by atoms with Gasteiger partial charge in [-0.1, -0.05) is 72.8 Å². The third kappa shape index (κ3) is 6.65. The molecule has 3 aromatic carbocycles. The number of nitrogens with zero attached hydrogens (tertiary/aromatic N) is 1. The quantitative estimate of drug-likeness (QED) is 0.324. The van der Waals surface area contributed by atoms with E-state index in [1.165, 1.54) is 11.3 Å². The number of ether oxygens (including phenoxy) is 1. The highest BCUT2D eigenvalue weighted by Crippen LogP contribution is 2.27. The number of thiazole rings is 1. The third-order valence-electron chi connectivity index (χ3n) is 5.51. The zero-order valence-electron chi connectivity index (χ0n) is 19.3. The Hall–Kier alpha value is -3.75. The molecular formula is C27H27N3O4S. The van der Waals surface area contributed by atoms with E-state index in [1.54, 1.807) is 6.92 Å². The highest BCUT2D eigenvalue weighted by atomic mass is 32.1. The van der Waals surface area contributed by atoms with Gasteiger partial charge >= 0.3 is 6.09 Å². The molecule has 3 N–H and O–H groups in total. The van der Waals surface area contributed by atoms with Crippen molar-refractivity contribution in [2.24, 2.45) is 0 Å². The lowest BCUT2D eigenvalue weighted by Gasteiger charge is -2.23. The van der Waals surface area contributed by atoms with Gasteiger partial charge in [0.25, 0.3) is 0 Å². The number of hydrogen-bond acceptors (Lipinski definition) is 6. The molecule has 0 saturated heterocycles. The molecule has 4 rings (SSSR count). The van der Waals surface area contributed by atoms with Crippen molar-refractivity contribution in [1.82, 2.24) is 15.6 Å². The van der Waals surface area contributed by atoms with Crippen LogP contribution in [0.1, 0.15) is 29.2 Å². The largest absolute Gasteiger partial charge is 0.445 e. The Morgan fingerprint density at radius 3 is 2.23 bits per heavy atom. The second-order valence-electron chi connectivity index (χ2n) is 8.21. The van der Waals surface area contributed by atoms with Crippen LogP contribution in [0.25, 0.3) is 10.2 Å². The monoisotopic (exact) mass is 489 g/mol. The van der Waals surface area contributed by atoms with Crippen molar-refractivity contribution in [3.05, 3.63) is 101 Å². The van der Waals surface area contributed by atoms with Gasteiger partial charge in [0.15, 0.2) is 0 Å². The van der Waals surface area contributed by atoms with Crippen molar-refractivity contribution < 1.29 is 19.4 Å². The van der Waals surface area contributed by atoms with E-state index in [2.05, 4.69) is 15.6 Å². The number of nitrogens with one attached hydrogen (secondary N) is 2. The summed E-state index contributed by atoms with van der Waals surface area (Å²) in [5, 5.41) is 16.8. The smallest absolute Gasteiger partial charge is 0.408 e. The number of aromatic nitrogens is 1. The number of aliphatic hydroxyl groups is 1. The first-order valence-electron chi connectivity index (χ1n) is 11.3. The van der Waals surface area contributed by atoms with Gasteiger partial charge in [-0.2, -0.15) is 0 Å². The summed E-state index contributed by atoms with van der Waals surface area (Å²) in [5.74, 6) is -0.418. The van der Waals surface area contributed by atoms with Crippen LogP contribution in [0.4, 0.5) is 4.79 Å². The maximum Gasteiger partial charge on any atom is 0.408 e. The van der Waals surface area contributed by atoms with E-state index in [9.17, 15) is 14.7 Å². The Bertz CT molecular complexity index is 1230. The molecule has 0 radical (unpaired) electrons. The zero-order chi connectivity index (χ0) is 24.6. The molecule has 3 atom stereocenters. The van der Waals surface area contributed by atoms with E-state index in [-0.39, 0.29) is 13.0 Å². The van der Waals surface area contributed by atoms with Crippen molar-refractivity contribution in [2.75, 3.05) is 0 Å². The van der Waals surface area contributed by atoms with Gasteiger partial charge in [-0.15, -0.1) is 11.3 Å². The number of amides is 2. The number of alkyl carbamates (subject to hydrolysis) is 1. The molecule has 0 aliphatic rings. The van der Waals surface area contributed by atoms with Gasteiger partial charge < -0.3 is 20.5 Å². The first-order valence-corrected chi connectivity index (χ1v) is 12.2. The topological polar surface area (TPSA) is 101 Å². The predicted molar refractivity (Wildman–Crippen MR) is 136 cm³/mol. The molecule has 0 spiro atoms. The average Bonchev–Trinajstić information content (AvgIpc) is 3.32. The van der Waals surface area contributed by atoms with Crippen molar-refractivity contribution in [2.45, 2.75) is 38.1 Å². The van der Waals surface area contributed by atoms with Gasteiger partial charge in [-0.25, -0.2) is 9.78 Å². The first kappa shape index (κ1) is 24.4. The average molecular weight is 490 g/mol. The molecule has 0 bridgehead atoms. The SMILES string of the molecule is C[C@@H](NC(=O)[C@H](Cc1ccccc1)NC(=O)OCc1ccccc1)C(O)c1nc2ccccc2s1. The third-order valence-corrected chi connectivity index (χ3v) is 6.62. The lowest BCUT2D eigenvalue weighted by molar-refractivity contribution is -0.124. The summed E-state index contributed by atoms with van der Waals surface area (Å²) >= 11 is 1.38. The molecule has 180 valence electrons. The van der Waals surface area contributed by atoms with E-state index in [0.29, 0.717) is 5.01 Å². The van der Waals surface area contributed by atoms with Gasteiger partial charge in [-0.3, -0.25) is 4.79 Å². The van der Waals surface area contributed by atoms with Crippen LogP contribution in [-0.4, -0.2) is 34.2 Å². The number of para-hydroxylation sites is 1. The molecule has 1 heterocycles. The summed E-state index contributed by atoms with van der Waals surface area (Å²) < 4.78 is 6.28. The fraction of sp³-hybridized carbons (Fsp3) is 0.222. The molecule has 1 aromatic heterocycles. The molecule has 2 amide bonds. The van der Waals surface area contributed by atoms with Crippen LogP contribution < -0.4 is 10.6 Å². The molecule has 8 heteroatoms. The molecule has 4 aromatic rings. The van der Waals surface area contributed by atoms with Gasteiger partial charge in [0.1, 0.15) is 23.8 Å². The van der Waals surface area contributed by atoms with E-state index in [1.807, 2.05) is 84.9 Å². The van der Waals surface area contributed by atoms with E-state index in [4.69, 9.17) is 4.74 Å². The zero-order valence-corrected chi connectivity index (χ0v) is 20.1. The second kappa shape index (κ2) is 11.6. The van der Waals surface area contributed by atoms with Gasteiger partial charge in [0.2, 0.25) is 5.91 Å². The summed E-state index contributed by atoms with van der Waals surface area (Å²) in [6, 6.07) is 24.8. The predicted octanol–water partition coefficient (Wildman–Crippen LogP) is 4.37. The number of fused-ring (bicyclic) bond motifs is 1. The highest BCUT2D eigenvalue weighted by Gasteiger charge is 2.27. The van der Waals surface area contributed by atoms with Gasteiger partial charge in [-0.05, 0) is 30.2 Å². The van der Waals surface area contributed by atoms with Crippen LogP contribution in [0, 0.1) is 0 Å². The van der Waals surface area contributed by atoms with E-state index in [0.717, 1.165) is 21.3 Å². The number of benzene rings is 3. The van der Waals surface area contributed by atoms with Crippen LogP contribution >= 0.6 is 11.3 Å². The fourth-order valence-corrected chi connectivity index (χ4v) is 4.66. The Kier molecular flexibility index (Phi) is 8.07. The lowest BCUT2D eigenvalue weighted by atomic mass is 10.0. The molecule has 0 aliphatic carbocycles. The Morgan fingerprint density at radius 1 is 0.914 bits per heavy atom. The summed E-state index contributed by atoms with van der Waals surface area (Å²) in [5.41, 5.74) is 2.53. The number of hydrogen-bond donors (Lipinski definition) is 3. The minimum absolute atomic E-state index is 0.0963. The molecule has 1 unspecified atom stereocenters. The maximum absolute atomic E-state index is 13.2. The van der Waals surface area contributed by atoms with Crippen LogP contribution in [0.3, 0.4) is 0 Å². The van der Waals surface area contributed by atoms with Crippen molar-refractivity contribution in [3.8, 4) is 0 Å². The normalized spacial score (nSPS) is 13.5. The van der Waals surface area contributed by atoms with Crippen LogP contribution in [-0.2, 0) is 22.6 Å². The van der Waals surface area contributed by atoms with Gasteiger partial charge in [0.05, 0.1) is 16.3 Å². The van der Waals surface area contributed by atoms with Crippen molar-refractivity contribution in [1.29, 1.82) is 0 Å². The van der Waals surface area contributed by atoms with Crippen LogP contribution in [0.2, 0.25) is 0 Å². The minimum atomic E-state index is -0.987. The van der Waals surface area contributed by atoms with Crippen LogP contribution in [0.5, 0.6) is 0 Å². The Morgan fingerprint density at radius 2 is 1.54 bits per heavy atom. The number of carbonyl (C=O) groups is 2. The van der Waals surface area contributed by atoms with Crippen molar-refractivity contribution in [3.63, 3.8) is 0 Å². The molecule has 0 fully saturated rings. The molecule has 35 heavy (non-hydrogen) atoms. The first-order chi connectivity index (χ1) is 17.0. The highest BCUT2D eigenvalue weighted by molar-refractivity contribution is 7.18. The summed E-state index contributed by atoms with van der Waals surface area (Å²) in [6.07, 6.45) is -1.40. The van der Waals surface area contributed by atoms with E-state index < -0.39 is 30.2 Å². The maximum atomic E-state index is 13.2. The van der Waals surface area contributed by atoms with Crippen molar-refractivity contribution >= 4 is 33.6 Å². The minimum Gasteiger partial charge on any atom is -0.445 e. The summed E-state index contributed by atoms with van der Waals surface area (Å²) in [7, 11) is 0. The molecular weight excluding hydrogens is 462 g/mol. The number of carbonyl (C=O) groups excluding carboxylic acids is 2. The standard InChI is InChI=1S/C27H27N3O4S/c1-18(24(31)26-29-21-14-8-9-15-23(21)35-26)28-25(32)22(16-19-10-4-2-5-11-19)30-27(33)34-17-20-12-6-3-7-13-20/h2-15,18,22,24,31H,16-17H2,1H3,(H,28,32)(H,30,33)/t18-,22+,24?/m1/s1. The Balaban J connectivity index is 1.42. The lowest BCUT2D eigenvalue weighted by Crippen LogP contribution is -2.51. The molecule has 0 aliphatic heterocycles. The number of rotatable bonds is 9.